The number of hydrogen-bond acceptors (Lipinski definition) is 3. The highest BCUT2D eigenvalue weighted by Gasteiger charge is 2.59. The molecule has 6 aliphatic rings. The molecule has 6 aliphatic carbocycles. The van der Waals surface area contributed by atoms with E-state index in [0.717, 1.165) is 72.8 Å². The van der Waals surface area contributed by atoms with E-state index >= 15 is 0 Å². The van der Waals surface area contributed by atoms with E-state index in [1.807, 2.05) is 0 Å². The Morgan fingerprint density at radius 3 is 2.06 bits per heavy atom. The molecule has 0 aromatic heterocycles. The summed E-state index contributed by atoms with van der Waals surface area (Å²) in [5, 5.41) is 3.86. The zero-order valence-corrected chi connectivity index (χ0v) is 32.3. The lowest BCUT2D eigenvalue weighted by Crippen LogP contribution is -2.51. The fourth-order valence-electron chi connectivity index (χ4n) is 12.4. The van der Waals surface area contributed by atoms with Crippen LogP contribution in [0.15, 0.2) is 11.6 Å². The van der Waals surface area contributed by atoms with E-state index in [4.69, 9.17) is 4.52 Å². The van der Waals surface area contributed by atoms with Gasteiger partial charge in [0.15, 0.2) is 0 Å². The van der Waals surface area contributed by atoms with Gasteiger partial charge in [-0.05, 0) is 136 Å². The SMILES string of the molecule is C1CCC(NC2CCCCC2)CC1.CCC(CCC(C)C1CCC2C3CC=C4CC(OP(=O)(O)O)CCC4(C)C3CCC12C)C(C)C. The topological polar surface area (TPSA) is 78.8 Å². The molecule has 0 heterocycles. The number of phosphoric acid groups is 1. The summed E-state index contributed by atoms with van der Waals surface area (Å²) in [5.41, 5.74) is 2.10. The molecule has 6 heteroatoms. The van der Waals surface area contributed by atoms with Crippen LogP contribution in [0.2, 0.25) is 0 Å². The quantitative estimate of drug-likeness (QED) is 0.159. The summed E-state index contributed by atoms with van der Waals surface area (Å²) in [6.07, 6.45) is 29.9. The van der Waals surface area contributed by atoms with E-state index in [1.54, 1.807) is 0 Å². The molecule has 0 radical (unpaired) electrons. The number of hydrogen-bond donors (Lipinski definition) is 3. The Morgan fingerprint density at radius 1 is 0.851 bits per heavy atom. The van der Waals surface area contributed by atoms with Crippen LogP contribution in [0.4, 0.5) is 0 Å². The number of fused-ring (bicyclic) bond motifs is 5. The van der Waals surface area contributed by atoms with Gasteiger partial charge in [-0.15, -0.1) is 0 Å². The Morgan fingerprint density at radius 2 is 1.49 bits per heavy atom. The fourth-order valence-corrected chi connectivity index (χ4v) is 13.0. The summed E-state index contributed by atoms with van der Waals surface area (Å²) in [4.78, 5) is 18.6. The molecule has 9 atom stereocenters. The predicted molar refractivity (Wildman–Crippen MR) is 196 cm³/mol. The molecule has 5 nitrogen and oxygen atoms in total. The minimum atomic E-state index is -4.42. The Bertz CT molecular complexity index is 1040. The largest absolute Gasteiger partial charge is 0.469 e. The molecule has 3 N–H and O–H groups in total. The molecule has 0 saturated heterocycles. The fraction of sp³-hybridized carbons (Fsp3) is 0.951. The van der Waals surface area contributed by atoms with Crippen molar-refractivity contribution >= 4 is 7.82 Å². The van der Waals surface area contributed by atoms with E-state index < -0.39 is 7.82 Å². The van der Waals surface area contributed by atoms with Gasteiger partial charge >= 0.3 is 7.82 Å². The van der Waals surface area contributed by atoms with E-state index in [9.17, 15) is 14.4 Å². The third kappa shape index (κ3) is 9.19. The second-order valence-electron chi connectivity index (χ2n) is 18.3. The Balaban J connectivity index is 0.000000277. The van der Waals surface area contributed by atoms with Crippen molar-refractivity contribution in [2.45, 2.75) is 195 Å². The van der Waals surface area contributed by atoms with Gasteiger partial charge in [0, 0.05) is 12.1 Å². The normalized spacial score (nSPS) is 38.0. The lowest BCUT2D eigenvalue weighted by atomic mass is 9.47. The summed E-state index contributed by atoms with van der Waals surface area (Å²) in [6, 6.07) is 1.74. The molecule has 0 aromatic rings. The van der Waals surface area contributed by atoms with Gasteiger partial charge < -0.3 is 15.1 Å². The number of allylic oxidation sites excluding steroid dienone is 1. The molecule has 6 rings (SSSR count). The summed E-state index contributed by atoms with van der Waals surface area (Å²) >= 11 is 0. The van der Waals surface area contributed by atoms with Crippen LogP contribution >= 0.6 is 7.82 Å². The third-order valence-electron chi connectivity index (χ3n) is 15.2. The second kappa shape index (κ2) is 16.4. The van der Waals surface area contributed by atoms with E-state index in [2.05, 4.69) is 52.9 Å². The Labute approximate surface area is 289 Å². The summed E-state index contributed by atoms with van der Waals surface area (Å²) < 4.78 is 16.5. The summed E-state index contributed by atoms with van der Waals surface area (Å²) in [5.74, 6) is 5.70. The predicted octanol–water partition coefficient (Wildman–Crippen LogP) is 11.4. The van der Waals surface area contributed by atoms with Crippen LogP contribution in [-0.2, 0) is 9.09 Å². The monoisotopic (exact) mass is 676 g/mol. The molecule has 0 bridgehead atoms. The van der Waals surface area contributed by atoms with E-state index in [1.165, 1.54) is 115 Å². The van der Waals surface area contributed by atoms with Crippen LogP contribution in [-0.4, -0.2) is 28.0 Å². The summed E-state index contributed by atoms with van der Waals surface area (Å²) in [7, 11) is -4.42. The zero-order valence-electron chi connectivity index (χ0n) is 31.4. The van der Waals surface area contributed by atoms with Crippen LogP contribution in [0.3, 0.4) is 0 Å². The Kier molecular flexibility index (Phi) is 13.3. The first-order chi connectivity index (χ1) is 22.3. The molecule has 272 valence electrons. The smallest absolute Gasteiger partial charge is 0.311 e. The molecule has 0 aliphatic heterocycles. The average Bonchev–Trinajstić information content (AvgIpc) is 3.39. The van der Waals surface area contributed by atoms with Crippen molar-refractivity contribution in [2.75, 3.05) is 0 Å². The van der Waals surface area contributed by atoms with Crippen molar-refractivity contribution in [3.05, 3.63) is 11.6 Å². The summed E-state index contributed by atoms with van der Waals surface area (Å²) in [6.45, 7) is 14.8. The number of rotatable bonds is 10. The van der Waals surface area contributed by atoms with Crippen molar-refractivity contribution in [1.29, 1.82) is 0 Å². The average molecular weight is 676 g/mol. The zero-order chi connectivity index (χ0) is 33.8. The van der Waals surface area contributed by atoms with Gasteiger partial charge in [-0.3, -0.25) is 4.52 Å². The maximum atomic E-state index is 11.4. The van der Waals surface area contributed by atoms with E-state index in [0.29, 0.717) is 11.8 Å². The first-order valence-electron chi connectivity index (χ1n) is 20.5. The highest BCUT2D eigenvalue weighted by atomic mass is 31.2. The van der Waals surface area contributed by atoms with Crippen molar-refractivity contribution in [3.63, 3.8) is 0 Å². The standard InChI is InChI=1S/C29H51O4P.C12H23N/c1-7-21(19(2)3)9-8-20(4)25-12-13-26-24-11-10-22-18-23(33-34(30,31)32)14-16-28(22,5)27(24)15-17-29(25,26)6;1-3-7-11(8-4-1)13-12-9-5-2-6-10-12/h10,19-21,23-27H,7-9,11-18H2,1-6H3,(H2,30,31,32);11-13H,1-10H2. The lowest BCUT2D eigenvalue weighted by molar-refractivity contribution is -0.0572. The molecule has 0 amide bonds. The van der Waals surface area contributed by atoms with Crippen LogP contribution in [0.5, 0.6) is 0 Å². The van der Waals surface area contributed by atoms with Crippen LogP contribution in [0.1, 0.15) is 176 Å². The van der Waals surface area contributed by atoms with Gasteiger partial charge in [-0.2, -0.15) is 0 Å². The maximum absolute atomic E-state index is 11.4. The minimum Gasteiger partial charge on any atom is -0.311 e. The first-order valence-corrected chi connectivity index (χ1v) is 22.1. The number of nitrogens with one attached hydrogen (secondary N) is 1. The number of phosphoric ester groups is 1. The van der Waals surface area contributed by atoms with Crippen LogP contribution < -0.4 is 5.32 Å². The molecular weight excluding hydrogens is 601 g/mol. The molecule has 5 fully saturated rings. The lowest BCUT2D eigenvalue weighted by Gasteiger charge is -2.58. The van der Waals surface area contributed by atoms with Gasteiger partial charge in [0.05, 0.1) is 6.10 Å². The van der Waals surface area contributed by atoms with Crippen LogP contribution in [0.25, 0.3) is 0 Å². The minimum absolute atomic E-state index is 0.189. The van der Waals surface area contributed by atoms with Crippen LogP contribution in [0, 0.1) is 52.3 Å². The van der Waals surface area contributed by atoms with Gasteiger partial charge in [0.1, 0.15) is 0 Å². The van der Waals surface area contributed by atoms with Crippen molar-refractivity contribution in [2.24, 2.45) is 52.3 Å². The van der Waals surface area contributed by atoms with Gasteiger partial charge in [0.2, 0.25) is 0 Å². The highest BCUT2D eigenvalue weighted by Crippen LogP contribution is 2.67. The van der Waals surface area contributed by atoms with Crippen molar-refractivity contribution < 1.29 is 18.9 Å². The molecule has 9 unspecified atom stereocenters. The van der Waals surface area contributed by atoms with Gasteiger partial charge in [-0.1, -0.05) is 105 Å². The maximum Gasteiger partial charge on any atom is 0.469 e. The Hall–Kier alpha value is -0.190. The molecular formula is C41H74NO4P. The van der Waals surface area contributed by atoms with Crippen molar-refractivity contribution in [1.82, 2.24) is 5.32 Å². The van der Waals surface area contributed by atoms with Gasteiger partial charge in [0.25, 0.3) is 0 Å². The second-order valence-corrected chi connectivity index (χ2v) is 19.4. The molecule has 47 heavy (non-hydrogen) atoms. The first kappa shape index (κ1) is 38.1. The molecule has 5 saturated carbocycles. The highest BCUT2D eigenvalue weighted by molar-refractivity contribution is 7.46. The third-order valence-corrected chi connectivity index (χ3v) is 15.8. The molecule has 0 spiro atoms. The van der Waals surface area contributed by atoms with Gasteiger partial charge in [-0.25, -0.2) is 4.57 Å². The van der Waals surface area contributed by atoms with E-state index in [-0.39, 0.29) is 11.5 Å². The van der Waals surface area contributed by atoms with Crippen molar-refractivity contribution in [3.8, 4) is 0 Å². The molecule has 0 aromatic carbocycles.